The van der Waals surface area contributed by atoms with E-state index in [4.69, 9.17) is 11.1 Å². The van der Waals surface area contributed by atoms with Crippen LogP contribution in [-0.4, -0.2) is 41.6 Å². The predicted molar refractivity (Wildman–Crippen MR) is 88.9 cm³/mol. The Labute approximate surface area is 142 Å². The lowest BCUT2D eigenvalue weighted by molar-refractivity contribution is -0.137. The van der Waals surface area contributed by atoms with E-state index < -0.39 is 22.0 Å². The lowest BCUT2D eigenvalue weighted by atomic mass is 10.1. The van der Waals surface area contributed by atoms with Crippen LogP contribution < -0.4 is 5.73 Å². The molecule has 2 aromatic rings. The second-order valence-corrected chi connectivity index (χ2v) is 6.92. The monoisotopic (exact) mass is 367 g/mol. The fourth-order valence-electron chi connectivity index (χ4n) is 1.65. The fourth-order valence-corrected chi connectivity index (χ4v) is 2.64. The number of aromatic nitrogens is 2. The Balaban J connectivity index is 2.50. The molecule has 0 bridgehead atoms. The molecule has 11 heteroatoms. The number of pyridine rings is 1. The summed E-state index contributed by atoms with van der Waals surface area (Å²) in [7, 11) is -4.06. The average Bonchev–Trinajstić information content (AvgIpc) is 3.02. The van der Waals surface area contributed by atoms with Crippen LogP contribution in [0.4, 0.5) is 0 Å². The van der Waals surface area contributed by atoms with Crippen molar-refractivity contribution in [2.45, 2.75) is 0 Å². The predicted octanol–water partition coefficient (Wildman–Crippen LogP) is 0.692. The van der Waals surface area contributed by atoms with Crippen molar-refractivity contribution in [2.75, 3.05) is 6.26 Å². The smallest absolute Gasteiger partial charge is 0.286 e. The highest BCUT2D eigenvalue weighted by atomic mass is 32.2. The third-order valence-electron chi connectivity index (χ3n) is 2.54. The number of nitrogens with one attached hydrogen (secondary N) is 1. The molecule has 3 N–H and O–H groups in total. The highest BCUT2D eigenvalue weighted by molar-refractivity contribution is 7.85. The lowest BCUT2D eigenvalue weighted by Gasteiger charge is -2.19. The zero-order valence-corrected chi connectivity index (χ0v) is 14.0. The molecule has 0 unspecified atom stereocenters. The van der Waals surface area contributed by atoms with Crippen LogP contribution in [0.1, 0.15) is 10.6 Å². The topological polar surface area (TPSA) is 139 Å². The van der Waals surface area contributed by atoms with Crippen molar-refractivity contribution >= 4 is 45.0 Å². The zero-order valence-electron chi connectivity index (χ0n) is 12.4. The number of amides is 1. The van der Waals surface area contributed by atoms with Gasteiger partial charge in [-0.25, -0.2) is 4.98 Å². The molecule has 1 amide bonds. The van der Waals surface area contributed by atoms with Crippen molar-refractivity contribution in [1.82, 2.24) is 15.0 Å². The van der Waals surface area contributed by atoms with Crippen LogP contribution >= 0.6 is 11.3 Å². The first-order chi connectivity index (χ1) is 11.3. The van der Waals surface area contributed by atoms with Crippen molar-refractivity contribution in [3.05, 3.63) is 46.7 Å². The number of hydroxylamine groups is 2. The summed E-state index contributed by atoms with van der Waals surface area (Å²) in [5.74, 6) is -1.81. The second-order valence-electron chi connectivity index (χ2n) is 4.43. The summed E-state index contributed by atoms with van der Waals surface area (Å²) >= 11 is 1.27. The van der Waals surface area contributed by atoms with Crippen molar-refractivity contribution in [3.63, 3.8) is 0 Å². The van der Waals surface area contributed by atoms with Gasteiger partial charge in [0.2, 0.25) is 5.96 Å². The van der Waals surface area contributed by atoms with Gasteiger partial charge in [0.15, 0.2) is 0 Å². The quantitative estimate of drug-likeness (QED) is 0.343. The van der Waals surface area contributed by atoms with Crippen LogP contribution in [0.3, 0.4) is 0 Å². The van der Waals surface area contributed by atoms with Crippen LogP contribution in [0.2, 0.25) is 0 Å². The van der Waals surface area contributed by atoms with Crippen LogP contribution in [0.25, 0.3) is 11.6 Å². The third-order valence-corrected chi connectivity index (χ3v) is 3.68. The third kappa shape index (κ3) is 4.68. The van der Waals surface area contributed by atoms with E-state index in [1.807, 2.05) is 0 Å². The van der Waals surface area contributed by atoms with E-state index in [9.17, 15) is 13.2 Å². The van der Waals surface area contributed by atoms with Crippen molar-refractivity contribution in [3.8, 4) is 0 Å². The number of nitrogens with zero attached hydrogens (tertiary/aromatic N) is 3. The molecule has 0 aliphatic rings. The van der Waals surface area contributed by atoms with Crippen LogP contribution in [0, 0.1) is 5.41 Å². The largest absolute Gasteiger partial charge is 0.368 e. The van der Waals surface area contributed by atoms with Gasteiger partial charge in [-0.2, -0.15) is 8.42 Å². The van der Waals surface area contributed by atoms with Gasteiger partial charge in [0.05, 0.1) is 11.8 Å². The van der Waals surface area contributed by atoms with Gasteiger partial charge in [-0.15, -0.1) is 20.7 Å². The standard InChI is InChI=1S/C13H13N5O4S2/c1-24(20,21)22-18(13(14)15)12(19)10(7-11-17-5-6-23-11)9-3-2-4-16-8-9/h2-8H,1H3,(H3,14,15)/b10-7+. The molecule has 2 heterocycles. The van der Waals surface area contributed by atoms with Gasteiger partial charge in [-0.1, -0.05) is 6.07 Å². The molecular weight excluding hydrogens is 354 g/mol. The van der Waals surface area contributed by atoms with Gasteiger partial charge < -0.3 is 5.73 Å². The molecule has 9 nitrogen and oxygen atoms in total. The molecule has 126 valence electrons. The van der Waals surface area contributed by atoms with E-state index >= 15 is 0 Å². The van der Waals surface area contributed by atoms with Crippen molar-refractivity contribution in [2.24, 2.45) is 5.73 Å². The maximum absolute atomic E-state index is 12.7. The van der Waals surface area contributed by atoms with Gasteiger partial charge in [-0.05, 0) is 12.1 Å². The van der Waals surface area contributed by atoms with E-state index in [0.717, 1.165) is 6.26 Å². The van der Waals surface area contributed by atoms with Gasteiger partial charge >= 0.3 is 0 Å². The highest BCUT2D eigenvalue weighted by Crippen LogP contribution is 2.21. The Kier molecular flexibility index (Phi) is 5.39. The first-order valence-corrected chi connectivity index (χ1v) is 9.07. The molecule has 0 aliphatic heterocycles. The van der Waals surface area contributed by atoms with Gasteiger partial charge in [0, 0.05) is 29.5 Å². The molecular formula is C13H13N5O4S2. The molecule has 0 saturated carbocycles. The molecule has 2 rings (SSSR count). The Hall–Kier alpha value is -2.63. The van der Waals surface area contributed by atoms with Gasteiger partial charge in [-0.3, -0.25) is 15.2 Å². The average molecular weight is 367 g/mol. The highest BCUT2D eigenvalue weighted by Gasteiger charge is 2.27. The number of hydrogen-bond donors (Lipinski definition) is 2. The van der Waals surface area contributed by atoms with E-state index in [1.54, 1.807) is 23.7 Å². The number of carbonyl (C=O) groups excluding carboxylic acids is 1. The molecule has 24 heavy (non-hydrogen) atoms. The molecule has 0 fully saturated rings. The SMILES string of the molecule is CS(=O)(=O)ON(C(=N)N)C(=O)/C(=C/c1nccs1)c1cccnc1. The van der Waals surface area contributed by atoms with E-state index in [0.29, 0.717) is 10.6 Å². The summed E-state index contributed by atoms with van der Waals surface area (Å²) in [5.41, 5.74) is 5.69. The number of guanidine groups is 1. The summed E-state index contributed by atoms with van der Waals surface area (Å²) in [6.07, 6.45) is 6.66. The van der Waals surface area contributed by atoms with Crippen molar-refractivity contribution < 1.29 is 17.5 Å². The number of thiazole rings is 1. The molecule has 2 aromatic heterocycles. The summed E-state index contributed by atoms with van der Waals surface area (Å²) < 4.78 is 27.1. The maximum atomic E-state index is 12.7. The van der Waals surface area contributed by atoms with Gasteiger partial charge in [0.25, 0.3) is 16.0 Å². The number of hydrogen-bond acceptors (Lipinski definition) is 8. The van der Waals surface area contributed by atoms with E-state index in [1.165, 1.54) is 29.8 Å². The first kappa shape index (κ1) is 17.7. The minimum absolute atomic E-state index is 0.0249. The summed E-state index contributed by atoms with van der Waals surface area (Å²) in [6, 6.07) is 3.21. The van der Waals surface area contributed by atoms with Crippen molar-refractivity contribution in [1.29, 1.82) is 5.41 Å². The molecule has 0 aliphatic carbocycles. The number of rotatable bonds is 5. The van der Waals surface area contributed by atoms with Crippen LogP contribution in [0.15, 0.2) is 36.1 Å². The normalized spacial score (nSPS) is 12.0. The van der Waals surface area contributed by atoms with E-state index in [-0.39, 0.29) is 10.6 Å². The van der Waals surface area contributed by atoms with E-state index in [2.05, 4.69) is 14.3 Å². The second kappa shape index (κ2) is 7.29. The summed E-state index contributed by atoms with van der Waals surface area (Å²) in [5, 5.41) is 9.82. The van der Waals surface area contributed by atoms with Crippen LogP contribution in [0.5, 0.6) is 0 Å². The molecule has 0 atom stereocenters. The van der Waals surface area contributed by atoms with Gasteiger partial charge in [0.1, 0.15) is 5.01 Å². The number of nitrogens with two attached hydrogens (primary N) is 1. The first-order valence-electron chi connectivity index (χ1n) is 6.37. The minimum atomic E-state index is -4.06. The lowest BCUT2D eigenvalue weighted by Crippen LogP contribution is -2.42. The summed E-state index contributed by atoms with van der Waals surface area (Å²) in [4.78, 5) is 20.7. The van der Waals surface area contributed by atoms with Crippen LogP contribution in [-0.2, 0) is 19.2 Å². The fraction of sp³-hybridized carbons (Fsp3) is 0.0769. The molecule has 0 radical (unpaired) electrons. The zero-order chi connectivity index (χ0) is 17.7. The Bertz CT molecular complexity index is 863. The Morgan fingerprint density at radius 3 is 2.71 bits per heavy atom. The number of carbonyl (C=O) groups is 1. The Morgan fingerprint density at radius 1 is 1.46 bits per heavy atom. The molecule has 0 spiro atoms. The maximum Gasteiger partial charge on any atom is 0.286 e. The molecule has 0 aromatic carbocycles. The minimum Gasteiger partial charge on any atom is -0.368 e. The Morgan fingerprint density at radius 2 is 2.21 bits per heavy atom. The summed E-state index contributed by atoms with van der Waals surface area (Å²) in [6.45, 7) is 0. The molecule has 0 saturated heterocycles.